The SMILES string of the molecule is CCn1cc(CC(=O)N2CCC(C)C(O)C2)c2ccccc21. The summed E-state index contributed by atoms with van der Waals surface area (Å²) in [6, 6.07) is 8.22. The van der Waals surface area contributed by atoms with Crippen molar-refractivity contribution in [2.24, 2.45) is 5.92 Å². The van der Waals surface area contributed by atoms with Gasteiger partial charge in [-0.2, -0.15) is 0 Å². The van der Waals surface area contributed by atoms with E-state index in [1.165, 1.54) is 5.52 Å². The van der Waals surface area contributed by atoms with E-state index < -0.39 is 6.10 Å². The van der Waals surface area contributed by atoms with Crippen LogP contribution in [0.2, 0.25) is 0 Å². The van der Waals surface area contributed by atoms with Gasteiger partial charge in [-0.15, -0.1) is 0 Å². The first-order valence-electron chi connectivity index (χ1n) is 8.12. The molecule has 2 heterocycles. The van der Waals surface area contributed by atoms with Crippen LogP contribution in [0, 0.1) is 5.92 Å². The Balaban J connectivity index is 1.80. The molecule has 0 saturated carbocycles. The van der Waals surface area contributed by atoms with Crippen LogP contribution in [0.15, 0.2) is 30.5 Å². The predicted octanol–water partition coefficient (Wildman–Crippen LogP) is 2.43. The summed E-state index contributed by atoms with van der Waals surface area (Å²) in [5.74, 6) is 0.399. The number of aliphatic hydroxyl groups is 1. The van der Waals surface area contributed by atoms with Gasteiger partial charge in [0.05, 0.1) is 12.5 Å². The number of hydrogen-bond donors (Lipinski definition) is 1. The zero-order valence-corrected chi connectivity index (χ0v) is 13.3. The number of carbonyl (C=O) groups excluding carboxylic acids is 1. The number of nitrogens with zero attached hydrogens (tertiary/aromatic N) is 2. The standard InChI is InChI=1S/C18H24N2O2/c1-3-19-11-14(15-6-4-5-7-16(15)19)10-18(22)20-9-8-13(2)17(21)12-20/h4-7,11,13,17,21H,3,8-10,12H2,1-2H3. The van der Waals surface area contributed by atoms with Gasteiger partial charge in [-0.05, 0) is 30.9 Å². The molecule has 1 aromatic carbocycles. The molecule has 0 radical (unpaired) electrons. The van der Waals surface area contributed by atoms with Crippen LogP contribution >= 0.6 is 0 Å². The molecule has 2 atom stereocenters. The minimum atomic E-state index is -0.394. The van der Waals surface area contributed by atoms with Gasteiger partial charge in [0, 0.05) is 36.7 Å². The van der Waals surface area contributed by atoms with Crippen molar-refractivity contribution < 1.29 is 9.90 Å². The molecular formula is C18H24N2O2. The monoisotopic (exact) mass is 300 g/mol. The Kier molecular flexibility index (Phi) is 4.21. The number of likely N-dealkylation sites (tertiary alicyclic amines) is 1. The molecule has 3 rings (SSSR count). The van der Waals surface area contributed by atoms with Crippen LogP contribution in [0.3, 0.4) is 0 Å². The Morgan fingerprint density at radius 2 is 2.14 bits per heavy atom. The van der Waals surface area contributed by atoms with Crippen molar-refractivity contribution >= 4 is 16.8 Å². The lowest BCUT2D eigenvalue weighted by Gasteiger charge is -2.34. The molecule has 2 unspecified atom stereocenters. The minimum absolute atomic E-state index is 0.116. The van der Waals surface area contributed by atoms with Gasteiger partial charge < -0.3 is 14.6 Å². The van der Waals surface area contributed by atoms with Crippen molar-refractivity contribution in [3.63, 3.8) is 0 Å². The van der Waals surface area contributed by atoms with E-state index in [0.717, 1.165) is 30.5 Å². The Labute approximate surface area is 131 Å². The van der Waals surface area contributed by atoms with Crippen molar-refractivity contribution in [1.82, 2.24) is 9.47 Å². The third kappa shape index (κ3) is 2.75. The summed E-state index contributed by atoms with van der Waals surface area (Å²) < 4.78 is 2.19. The summed E-state index contributed by atoms with van der Waals surface area (Å²) in [6.45, 7) is 6.27. The lowest BCUT2D eigenvalue weighted by atomic mass is 9.95. The first-order valence-corrected chi connectivity index (χ1v) is 8.12. The Morgan fingerprint density at radius 1 is 1.36 bits per heavy atom. The van der Waals surface area contributed by atoms with E-state index in [0.29, 0.717) is 13.0 Å². The highest BCUT2D eigenvalue weighted by Crippen LogP contribution is 2.23. The average Bonchev–Trinajstić information content (AvgIpc) is 2.88. The second-order valence-electron chi connectivity index (χ2n) is 6.31. The van der Waals surface area contributed by atoms with Crippen molar-refractivity contribution in [3.05, 3.63) is 36.0 Å². The first-order chi connectivity index (χ1) is 10.6. The van der Waals surface area contributed by atoms with E-state index in [2.05, 4.69) is 29.8 Å². The Morgan fingerprint density at radius 3 is 2.86 bits per heavy atom. The van der Waals surface area contributed by atoms with Gasteiger partial charge in [-0.1, -0.05) is 25.1 Å². The lowest BCUT2D eigenvalue weighted by Crippen LogP contribution is -2.46. The number of aliphatic hydroxyl groups excluding tert-OH is 1. The lowest BCUT2D eigenvalue weighted by molar-refractivity contribution is -0.134. The summed E-state index contributed by atoms with van der Waals surface area (Å²) in [7, 11) is 0. The molecule has 2 aromatic rings. The smallest absolute Gasteiger partial charge is 0.227 e. The molecule has 22 heavy (non-hydrogen) atoms. The largest absolute Gasteiger partial charge is 0.391 e. The molecular weight excluding hydrogens is 276 g/mol. The minimum Gasteiger partial charge on any atom is -0.391 e. The van der Waals surface area contributed by atoms with Crippen LogP contribution < -0.4 is 0 Å². The number of aryl methyl sites for hydroxylation is 1. The fourth-order valence-electron chi connectivity index (χ4n) is 3.28. The molecule has 1 aromatic heterocycles. The molecule has 1 saturated heterocycles. The van der Waals surface area contributed by atoms with Gasteiger partial charge in [0.1, 0.15) is 0 Å². The second kappa shape index (κ2) is 6.13. The van der Waals surface area contributed by atoms with E-state index in [-0.39, 0.29) is 11.8 Å². The summed E-state index contributed by atoms with van der Waals surface area (Å²) in [5.41, 5.74) is 2.26. The van der Waals surface area contributed by atoms with Gasteiger partial charge >= 0.3 is 0 Å². The summed E-state index contributed by atoms with van der Waals surface area (Å²) in [4.78, 5) is 14.4. The van der Waals surface area contributed by atoms with E-state index in [1.807, 2.05) is 24.0 Å². The van der Waals surface area contributed by atoms with Crippen molar-refractivity contribution in [2.45, 2.75) is 39.3 Å². The maximum absolute atomic E-state index is 12.6. The number of β-amino-alcohol motifs (C(OH)–C–C–N with tert-alkyl or cyclic N) is 1. The quantitative estimate of drug-likeness (QED) is 0.946. The molecule has 1 fully saturated rings. The van der Waals surface area contributed by atoms with Gasteiger partial charge in [0.2, 0.25) is 5.91 Å². The number of benzene rings is 1. The zero-order chi connectivity index (χ0) is 15.7. The molecule has 4 nitrogen and oxygen atoms in total. The van der Waals surface area contributed by atoms with E-state index >= 15 is 0 Å². The number of fused-ring (bicyclic) bond motifs is 1. The zero-order valence-electron chi connectivity index (χ0n) is 13.3. The number of piperidine rings is 1. The Bertz CT molecular complexity index is 677. The second-order valence-corrected chi connectivity index (χ2v) is 6.31. The topological polar surface area (TPSA) is 45.5 Å². The number of hydrogen-bond acceptors (Lipinski definition) is 2. The van der Waals surface area contributed by atoms with Gasteiger partial charge in [-0.3, -0.25) is 4.79 Å². The number of para-hydroxylation sites is 1. The predicted molar refractivity (Wildman–Crippen MR) is 87.7 cm³/mol. The summed E-state index contributed by atoms with van der Waals surface area (Å²) >= 11 is 0. The van der Waals surface area contributed by atoms with Crippen molar-refractivity contribution in [2.75, 3.05) is 13.1 Å². The Hall–Kier alpha value is -1.81. The third-order valence-electron chi connectivity index (χ3n) is 4.82. The maximum atomic E-state index is 12.6. The summed E-state index contributed by atoms with van der Waals surface area (Å²) in [6.07, 6.45) is 2.98. The normalized spacial score (nSPS) is 22.2. The van der Waals surface area contributed by atoms with Crippen LogP contribution in [-0.4, -0.2) is 39.7 Å². The summed E-state index contributed by atoms with van der Waals surface area (Å²) in [5, 5.41) is 11.1. The van der Waals surface area contributed by atoms with Gasteiger partial charge in [0.15, 0.2) is 0 Å². The first kappa shape index (κ1) is 15.1. The molecule has 0 spiro atoms. The number of rotatable bonds is 3. The molecule has 0 aliphatic carbocycles. The highest BCUT2D eigenvalue weighted by molar-refractivity contribution is 5.89. The molecule has 1 N–H and O–H groups in total. The maximum Gasteiger partial charge on any atom is 0.227 e. The van der Waals surface area contributed by atoms with Crippen LogP contribution in [-0.2, 0) is 17.8 Å². The fraction of sp³-hybridized carbons (Fsp3) is 0.500. The molecule has 0 bridgehead atoms. The van der Waals surface area contributed by atoms with Crippen LogP contribution in [0.1, 0.15) is 25.8 Å². The molecule has 1 amide bonds. The van der Waals surface area contributed by atoms with E-state index in [1.54, 1.807) is 0 Å². The number of aromatic nitrogens is 1. The van der Waals surface area contributed by atoms with E-state index in [9.17, 15) is 9.90 Å². The van der Waals surface area contributed by atoms with E-state index in [4.69, 9.17) is 0 Å². The average molecular weight is 300 g/mol. The highest BCUT2D eigenvalue weighted by Gasteiger charge is 2.27. The van der Waals surface area contributed by atoms with Crippen LogP contribution in [0.5, 0.6) is 0 Å². The number of amides is 1. The molecule has 4 heteroatoms. The van der Waals surface area contributed by atoms with Gasteiger partial charge in [-0.25, -0.2) is 0 Å². The van der Waals surface area contributed by atoms with Crippen LogP contribution in [0.25, 0.3) is 10.9 Å². The van der Waals surface area contributed by atoms with Crippen molar-refractivity contribution in [1.29, 1.82) is 0 Å². The molecule has 1 aliphatic rings. The fourth-order valence-corrected chi connectivity index (χ4v) is 3.28. The molecule has 1 aliphatic heterocycles. The third-order valence-corrected chi connectivity index (χ3v) is 4.82. The highest BCUT2D eigenvalue weighted by atomic mass is 16.3. The van der Waals surface area contributed by atoms with Crippen molar-refractivity contribution in [3.8, 4) is 0 Å². The van der Waals surface area contributed by atoms with Crippen LogP contribution in [0.4, 0.5) is 0 Å². The van der Waals surface area contributed by atoms with Gasteiger partial charge in [0.25, 0.3) is 0 Å². The number of carbonyl (C=O) groups is 1. The molecule has 118 valence electrons.